The second-order valence-corrected chi connectivity index (χ2v) is 6.99. The van der Waals surface area contributed by atoms with Gasteiger partial charge in [0.15, 0.2) is 5.82 Å². The molecule has 8 nitrogen and oxygen atoms in total. The largest absolute Gasteiger partial charge is 0.493 e. The number of nitrogens with one attached hydrogen (secondary N) is 1. The van der Waals surface area contributed by atoms with Crippen LogP contribution in [-0.2, 0) is 16.4 Å². The molecular weight excluding hydrogens is 356 g/mol. The third kappa shape index (κ3) is 3.83. The highest BCUT2D eigenvalue weighted by Crippen LogP contribution is 2.32. The van der Waals surface area contributed by atoms with Gasteiger partial charge in [-0.3, -0.25) is 9.71 Å². The number of hydrogen-bond acceptors (Lipinski definition) is 7. The van der Waals surface area contributed by atoms with Gasteiger partial charge in [-0.25, -0.2) is 8.42 Å². The molecule has 0 aliphatic heterocycles. The Kier molecular flexibility index (Phi) is 5.17. The smallest absolute Gasteiger partial charge is 0.261 e. The zero-order chi connectivity index (χ0) is 18.6. The minimum atomic E-state index is -3.81. The lowest BCUT2D eigenvalue weighted by Crippen LogP contribution is -2.13. The van der Waals surface area contributed by atoms with Crippen LogP contribution >= 0.6 is 0 Å². The molecular formula is C17H18N4O4S. The lowest BCUT2D eigenvalue weighted by molar-refractivity contribution is 0.339. The van der Waals surface area contributed by atoms with Crippen molar-refractivity contribution in [2.75, 3.05) is 11.3 Å². The van der Waals surface area contributed by atoms with Crippen LogP contribution in [0.25, 0.3) is 11.5 Å². The van der Waals surface area contributed by atoms with Crippen molar-refractivity contribution in [1.82, 2.24) is 15.1 Å². The van der Waals surface area contributed by atoms with Crippen molar-refractivity contribution in [3.8, 4) is 17.2 Å². The molecule has 136 valence electrons. The first-order valence-corrected chi connectivity index (χ1v) is 9.54. The molecule has 0 aliphatic rings. The predicted molar refractivity (Wildman–Crippen MR) is 95.3 cm³/mol. The number of ether oxygens (including phenoxy) is 1. The van der Waals surface area contributed by atoms with Crippen molar-refractivity contribution in [1.29, 1.82) is 0 Å². The molecule has 9 heteroatoms. The fraction of sp³-hybridized carbons (Fsp3) is 0.235. The second kappa shape index (κ2) is 7.52. The van der Waals surface area contributed by atoms with Crippen LogP contribution in [0.2, 0.25) is 0 Å². The number of rotatable bonds is 7. The molecule has 0 bridgehead atoms. The second-order valence-electron chi connectivity index (χ2n) is 5.31. The summed E-state index contributed by atoms with van der Waals surface area (Å²) in [4.78, 5) is 8.22. The molecule has 0 radical (unpaired) electrons. The number of pyridine rings is 1. The van der Waals surface area contributed by atoms with Crippen LogP contribution in [0.5, 0.6) is 5.75 Å². The number of aryl methyl sites for hydroxylation is 1. The van der Waals surface area contributed by atoms with Gasteiger partial charge in [-0.15, -0.1) is 0 Å². The van der Waals surface area contributed by atoms with Gasteiger partial charge in [0.1, 0.15) is 5.75 Å². The highest BCUT2D eigenvalue weighted by molar-refractivity contribution is 7.92. The Morgan fingerprint density at radius 2 is 2.08 bits per heavy atom. The molecule has 0 spiro atoms. The number of hydrogen-bond donors (Lipinski definition) is 1. The summed E-state index contributed by atoms with van der Waals surface area (Å²) in [6.45, 7) is 4.16. The minimum Gasteiger partial charge on any atom is -0.493 e. The van der Waals surface area contributed by atoms with E-state index in [2.05, 4.69) is 19.8 Å². The van der Waals surface area contributed by atoms with Gasteiger partial charge in [-0.1, -0.05) is 12.1 Å². The van der Waals surface area contributed by atoms with Crippen LogP contribution < -0.4 is 9.46 Å². The third-order valence-electron chi connectivity index (χ3n) is 3.49. The maximum absolute atomic E-state index is 12.7. The van der Waals surface area contributed by atoms with E-state index >= 15 is 0 Å². The first kappa shape index (κ1) is 17.9. The summed E-state index contributed by atoms with van der Waals surface area (Å²) in [7, 11) is -3.81. The molecule has 3 rings (SSSR count). The zero-order valence-electron chi connectivity index (χ0n) is 14.3. The molecule has 26 heavy (non-hydrogen) atoms. The Labute approximate surface area is 151 Å². The Bertz CT molecular complexity index is 987. The number of sulfonamides is 1. The molecule has 0 unspecified atom stereocenters. The molecule has 0 saturated carbocycles. The van der Waals surface area contributed by atoms with E-state index in [4.69, 9.17) is 9.26 Å². The van der Waals surface area contributed by atoms with Crippen LogP contribution in [0.4, 0.5) is 5.69 Å². The highest BCUT2D eigenvalue weighted by atomic mass is 32.2. The normalized spacial score (nSPS) is 11.3. The quantitative estimate of drug-likeness (QED) is 0.677. The molecule has 0 amide bonds. The van der Waals surface area contributed by atoms with Crippen LogP contribution in [0.3, 0.4) is 0 Å². The van der Waals surface area contributed by atoms with E-state index in [1.165, 1.54) is 18.3 Å². The van der Waals surface area contributed by atoms with Gasteiger partial charge >= 0.3 is 0 Å². The van der Waals surface area contributed by atoms with E-state index in [0.29, 0.717) is 35.9 Å². The Balaban J connectivity index is 2.01. The summed E-state index contributed by atoms with van der Waals surface area (Å²) in [5, 5.41) is 3.86. The molecule has 0 atom stereocenters. The average molecular weight is 374 g/mol. The van der Waals surface area contributed by atoms with Crippen molar-refractivity contribution in [2.24, 2.45) is 0 Å². The number of aromatic nitrogens is 3. The van der Waals surface area contributed by atoms with Crippen molar-refractivity contribution in [3.63, 3.8) is 0 Å². The topological polar surface area (TPSA) is 107 Å². The molecule has 2 heterocycles. The fourth-order valence-electron chi connectivity index (χ4n) is 2.27. The average Bonchev–Trinajstić information content (AvgIpc) is 3.12. The maximum atomic E-state index is 12.7. The predicted octanol–water partition coefficient (Wildman–Crippen LogP) is 2.89. The van der Waals surface area contributed by atoms with E-state index in [1.54, 1.807) is 24.4 Å². The summed E-state index contributed by atoms with van der Waals surface area (Å²) in [5.41, 5.74) is 0.794. The van der Waals surface area contributed by atoms with Gasteiger partial charge in [0.05, 0.1) is 29.0 Å². The summed E-state index contributed by atoms with van der Waals surface area (Å²) < 4.78 is 38.6. The molecule has 2 aromatic heterocycles. The van der Waals surface area contributed by atoms with Crippen molar-refractivity contribution in [2.45, 2.75) is 25.2 Å². The van der Waals surface area contributed by atoms with E-state index in [-0.39, 0.29) is 10.8 Å². The molecule has 1 N–H and O–H groups in total. The van der Waals surface area contributed by atoms with E-state index < -0.39 is 10.0 Å². The summed E-state index contributed by atoms with van der Waals surface area (Å²) >= 11 is 0. The number of benzene rings is 1. The lowest BCUT2D eigenvalue weighted by Gasteiger charge is -2.11. The van der Waals surface area contributed by atoms with E-state index in [1.807, 2.05) is 13.8 Å². The SMILES string of the molecule is CCOc1ccc(S(=O)(=O)Nc2cccnc2)cc1-c1nc(CC)no1. The fourth-order valence-corrected chi connectivity index (χ4v) is 3.34. The first-order valence-electron chi connectivity index (χ1n) is 8.06. The Morgan fingerprint density at radius 3 is 2.73 bits per heavy atom. The van der Waals surface area contributed by atoms with E-state index in [9.17, 15) is 8.42 Å². The van der Waals surface area contributed by atoms with Gasteiger partial charge in [0, 0.05) is 12.6 Å². The van der Waals surface area contributed by atoms with Crippen LogP contribution in [0.1, 0.15) is 19.7 Å². The minimum absolute atomic E-state index is 0.0519. The van der Waals surface area contributed by atoms with Crippen LogP contribution in [0.15, 0.2) is 52.1 Å². The number of anilines is 1. The molecule has 0 saturated heterocycles. The van der Waals surface area contributed by atoms with Gasteiger partial charge < -0.3 is 9.26 Å². The summed E-state index contributed by atoms with van der Waals surface area (Å²) in [6, 6.07) is 7.76. The standard InChI is InChI=1S/C17H18N4O4S/c1-3-16-19-17(25-20-16)14-10-13(7-8-15(14)24-4-2)26(22,23)21-12-6-5-9-18-11-12/h5-11,21H,3-4H2,1-2H3. The van der Waals surface area contributed by atoms with Crippen molar-refractivity contribution >= 4 is 15.7 Å². The summed E-state index contributed by atoms with van der Waals surface area (Å²) in [5.74, 6) is 1.21. The van der Waals surface area contributed by atoms with Crippen molar-refractivity contribution in [3.05, 3.63) is 48.5 Å². The van der Waals surface area contributed by atoms with Gasteiger partial charge in [-0.2, -0.15) is 4.98 Å². The Hall–Kier alpha value is -2.94. The molecule has 0 fully saturated rings. The van der Waals surface area contributed by atoms with Crippen molar-refractivity contribution < 1.29 is 17.7 Å². The zero-order valence-corrected chi connectivity index (χ0v) is 15.2. The van der Waals surface area contributed by atoms with Crippen LogP contribution in [0, 0.1) is 0 Å². The maximum Gasteiger partial charge on any atom is 0.261 e. The van der Waals surface area contributed by atoms with Gasteiger partial charge in [0.25, 0.3) is 15.9 Å². The number of nitrogens with zero attached hydrogens (tertiary/aromatic N) is 3. The monoisotopic (exact) mass is 374 g/mol. The highest BCUT2D eigenvalue weighted by Gasteiger charge is 2.20. The molecule has 1 aromatic carbocycles. The third-order valence-corrected chi connectivity index (χ3v) is 4.87. The molecule has 0 aliphatic carbocycles. The first-order chi connectivity index (χ1) is 12.5. The Morgan fingerprint density at radius 1 is 1.23 bits per heavy atom. The van der Waals surface area contributed by atoms with Crippen LogP contribution in [-0.4, -0.2) is 30.1 Å². The van der Waals surface area contributed by atoms with Gasteiger partial charge in [-0.05, 0) is 37.3 Å². The molecule has 3 aromatic rings. The van der Waals surface area contributed by atoms with Gasteiger partial charge in [0.2, 0.25) is 0 Å². The van der Waals surface area contributed by atoms with E-state index in [0.717, 1.165) is 0 Å². The summed E-state index contributed by atoms with van der Waals surface area (Å²) in [6.07, 6.45) is 3.60. The lowest BCUT2D eigenvalue weighted by atomic mass is 10.2.